The van der Waals surface area contributed by atoms with Crippen molar-refractivity contribution in [2.24, 2.45) is 5.10 Å². The minimum absolute atomic E-state index is 0.0108. The maximum atomic E-state index is 11.3. The zero-order valence-electron chi connectivity index (χ0n) is 10.5. The summed E-state index contributed by atoms with van der Waals surface area (Å²) < 4.78 is 0. The summed E-state index contributed by atoms with van der Waals surface area (Å²) in [6, 6.07) is 10.1. The second-order valence-corrected chi connectivity index (χ2v) is 4.12. The molecule has 0 radical (unpaired) electrons. The van der Waals surface area contributed by atoms with Crippen molar-refractivity contribution in [3.05, 3.63) is 35.9 Å². The third-order valence-electron chi connectivity index (χ3n) is 2.57. The number of hydrazone groups is 1. The van der Waals surface area contributed by atoms with Crippen LogP contribution in [0.4, 0.5) is 0 Å². The number of unbranched alkanes of at least 4 members (excludes halogenated alkanes) is 1. The molecular weight excluding hydrogens is 212 g/mol. The average Bonchev–Trinajstić information content (AvgIpc) is 2.37. The van der Waals surface area contributed by atoms with Crippen LogP contribution in [0.15, 0.2) is 35.4 Å². The van der Waals surface area contributed by atoms with E-state index < -0.39 is 0 Å². The monoisotopic (exact) mass is 232 g/mol. The maximum Gasteiger partial charge on any atom is 0.240 e. The van der Waals surface area contributed by atoms with Gasteiger partial charge in [0.15, 0.2) is 0 Å². The summed E-state index contributed by atoms with van der Waals surface area (Å²) in [6.07, 6.45) is 4.25. The summed E-state index contributed by atoms with van der Waals surface area (Å²) >= 11 is 0. The number of carbonyl (C=O) groups excluding carboxylic acids is 1. The summed E-state index contributed by atoms with van der Waals surface area (Å²) in [4.78, 5) is 11.3. The normalized spacial score (nSPS) is 12.6. The molecule has 92 valence electrons. The van der Waals surface area contributed by atoms with Gasteiger partial charge < -0.3 is 0 Å². The molecule has 0 aromatic heterocycles. The van der Waals surface area contributed by atoms with Crippen LogP contribution in [-0.4, -0.2) is 12.1 Å². The number of carbonyl (C=O) groups is 1. The average molecular weight is 232 g/mol. The molecule has 0 bridgehead atoms. The second kappa shape index (κ2) is 7.60. The van der Waals surface area contributed by atoms with Gasteiger partial charge in [-0.1, -0.05) is 50.6 Å². The Bertz CT molecular complexity index is 360. The molecule has 1 rings (SSSR count). The Morgan fingerprint density at radius 1 is 1.41 bits per heavy atom. The van der Waals surface area contributed by atoms with Crippen LogP contribution in [0.25, 0.3) is 0 Å². The third-order valence-corrected chi connectivity index (χ3v) is 2.57. The molecule has 0 saturated heterocycles. The van der Waals surface area contributed by atoms with E-state index in [0.29, 0.717) is 6.42 Å². The first-order valence-electron chi connectivity index (χ1n) is 6.11. The van der Waals surface area contributed by atoms with Crippen molar-refractivity contribution in [3.8, 4) is 0 Å². The Morgan fingerprint density at radius 3 is 2.76 bits per heavy atom. The van der Waals surface area contributed by atoms with Gasteiger partial charge in [0.2, 0.25) is 5.91 Å². The lowest BCUT2D eigenvalue weighted by atomic mass is 10.0. The highest BCUT2D eigenvalue weighted by atomic mass is 16.2. The molecule has 3 heteroatoms. The number of nitrogens with zero attached hydrogens (tertiary/aromatic N) is 1. The lowest BCUT2D eigenvalue weighted by molar-refractivity contribution is -0.121. The predicted molar refractivity (Wildman–Crippen MR) is 71.0 cm³/mol. The highest BCUT2D eigenvalue weighted by Crippen LogP contribution is 2.11. The molecule has 1 amide bonds. The number of nitrogens with one attached hydrogen (secondary N) is 1. The van der Waals surface area contributed by atoms with Crippen LogP contribution in [0.2, 0.25) is 0 Å². The first-order valence-corrected chi connectivity index (χ1v) is 6.11. The van der Waals surface area contributed by atoms with Gasteiger partial charge in [-0.25, -0.2) is 5.43 Å². The summed E-state index contributed by atoms with van der Waals surface area (Å²) in [5, 5.41) is 3.98. The van der Waals surface area contributed by atoms with Crippen molar-refractivity contribution in [1.29, 1.82) is 0 Å². The van der Waals surface area contributed by atoms with Crippen molar-refractivity contribution >= 4 is 12.1 Å². The molecule has 0 aliphatic heterocycles. The van der Waals surface area contributed by atoms with Crippen molar-refractivity contribution in [1.82, 2.24) is 5.43 Å². The SMILES string of the molecule is CCCCC(=O)NN=CC(C)c1ccccc1. The van der Waals surface area contributed by atoms with E-state index in [-0.39, 0.29) is 11.8 Å². The van der Waals surface area contributed by atoms with Gasteiger partial charge in [-0.3, -0.25) is 4.79 Å². The van der Waals surface area contributed by atoms with E-state index >= 15 is 0 Å². The van der Waals surface area contributed by atoms with Crippen molar-refractivity contribution < 1.29 is 4.79 Å². The number of amides is 1. The fraction of sp³-hybridized carbons (Fsp3) is 0.429. The van der Waals surface area contributed by atoms with Crippen LogP contribution in [0.3, 0.4) is 0 Å². The van der Waals surface area contributed by atoms with Crippen molar-refractivity contribution in [2.45, 2.75) is 39.0 Å². The molecular formula is C14H20N2O. The highest BCUT2D eigenvalue weighted by molar-refractivity contribution is 5.77. The molecule has 3 nitrogen and oxygen atoms in total. The van der Waals surface area contributed by atoms with Crippen LogP contribution in [0, 0.1) is 0 Å². The number of hydrogen-bond donors (Lipinski definition) is 1. The molecule has 0 fully saturated rings. The van der Waals surface area contributed by atoms with Gasteiger partial charge >= 0.3 is 0 Å². The molecule has 1 atom stereocenters. The lowest BCUT2D eigenvalue weighted by Gasteiger charge is -2.05. The number of rotatable bonds is 6. The zero-order chi connectivity index (χ0) is 12.5. The highest BCUT2D eigenvalue weighted by Gasteiger charge is 2.01. The van der Waals surface area contributed by atoms with Gasteiger partial charge in [-0.05, 0) is 12.0 Å². The topological polar surface area (TPSA) is 41.5 Å². The van der Waals surface area contributed by atoms with E-state index in [1.807, 2.05) is 18.2 Å². The van der Waals surface area contributed by atoms with Crippen molar-refractivity contribution in [3.63, 3.8) is 0 Å². The van der Waals surface area contributed by atoms with Gasteiger partial charge in [0.25, 0.3) is 0 Å². The van der Waals surface area contributed by atoms with Crippen LogP contribution in [0.1, 0.15) is 44.6 Å². The first kappa shape index (κ1) is 13.4. The molecule has 0 spiro atoms. The Morgan fingerprint density at radius 2 is 2.12 bits per heavy atom. The van der Waals surface area contributed by atoms with Crippen LogP contribution in [-0.2, 0) is 4.79 Å². The summed E-state index contributed by atoms with van der Waals surface area (Å²) in [5.74, 6) is 0.200. The molecule has 0 aliphatic carbocycles. The minimum atomic E-state index is -0.0108. The molecule has 1 N–H and O–H groups in total. The fourth-order valence-corrected chi connectivity index (χ4v) is 1.46. The molecule has 17 heavy (non-hydrogen) atoms. The number of hydrogen-bond acceptors (Lipinski definition) is 2. The number of benzene rings is 1. The van der Waals surface area contributed by atoms with Gasteiger partial charge in [0.05, 0.1) is 0 Å². The molecule has 0 saturated carbocycles. The van der Waals surface area contributed by atoms with Crippen molar-refractivity contribution in [2.75, 3.05) is 0 Å². The lowest BCUT2D eigenvalue weighted by Crippen LogP contribution is -2.17. The van der Waals surface area contributed by atoms with E-state index in [1.54, 1.807) is 6.21 Å². The molecule has 0 aliphatic rings. The standard InChI is InChI=1S/C14H20N2O/c1-3-4-10-14(17)16-15-11-12(2)13-8-6-5-7-9-13/h5-9,11-12H,3-4,10H2,1-2H3,(H,16,17). The van der Waals surface area contributed by atoms with E-state index in [9.17, 15) is 4.79 Å². The van der Waals surface area contributed by atoms with E-state index in [4.69, 9.17) is 0 Å². The molecule has 1 unspecified atom stereocenters. The van der Waals surface area contributed by atoms with Crippen LogP contribution in [0.5, 0.6) is 0 Å². The molecule has 0 heterocycles. The largest absolute Gasteiger partial charge is 0.273 e. The van der Waals surface area contributed by atoms with Gasteiger partial charge in [0.1, 0.15) is 0 Å². The van der Waals surface area contributed by atoms with E-state index in [1.165, 1.54) is 5.56 Å². The summed E-state index contributed by atoms with van der Waals surface area (Å²) in [5.41, 5.74) is 3.74. The minimum Gasteiger partial charge on any atom is -0.273 e. The summed E-state index contributed by atoms with van der Waals surface area (Å²) in [7, 11) is 0. The van der Waals surface area contributed by atoms with Crippen LogP contribution >= 0.6 is 0 Å². The Hall–Kier alpha value is -1.64. The first-order chi connectivity index (χ1) is 8.24. The zero-order valence-corrected chi connectivity index (χ0v) is 10.5. The van der Waals surface area contributed by atoms with Crippen LogP contribution < -0.4 is 5.43 Å². The maximum absolute atomic E-state index is 11.3. The Labute approximate surface area is 103 Å². The fourth-order valence-electron chi connectivity index (χ4n) is 1.46. The predicted octanol–water partition coefficient (Wildman–Crippen LogP) is 3.08. The van der Waals surface area contributed by atoms with E-state index in [2.05, 4.69) is 36.5 Å². The van der Waals surface area contributed by atoms with E-state index in [0.717, 1.165) is 12.8 Å². The molecule has 1 aromatic carbocycles. The van der Waals surface area contributed by atoms with Gasteiger partial charge in [-0.15, -0.1) is 0 Å². The van der Waals surface area contributed by atoms with Gasteiger partial charge in [0, 0.05) is 18.6 Å². The smallest absolute Gasteiger partial charge is 0.240 e. The molecule has 1 aromatic rings. The Balaban J connectivity index is 2.36. The Kier molecular flexibility index (Phi) is 6.00. The third kappa shape index (κ3) is 5.29. The van der Waals surface area contributed by atoms with Gasteiger partial charge in [-0.2, -0.15) is 5.10 Å². The second-order valence-electron chi connectivity index (χ2n) is 4.12. The summed E-state index contributed by atoms with van der Waals surface area (Å²) in [6.45, 7) is 4.12. The quantitative estimate of drug-likeness (QED) is 0.594.